The van der Waals surface area contributed by atoms with Gasteiger partial charge in [0, 0.05) is 6.42 Å². The molecule has 1 aromatic rings. The highest BCUT2D eigenvalue weighted by Crippen LogP contribution is 2.40. The van der Waals surface area contributed by atoms with Crippen LogP contribution < -0.4 is 5.32 Å². The summed E-state index contributed by atoms with van der Waals surface area (Å²) in [6.07, 6.45) is -3.43. The fourth-order valence-corrected chi connectivity index (χ4v) is 3.60. The van der Waals surface area contributed by atoms with Crippen LogP contribution in [0.3, 0.4) is 0 Å². The van der Waals surface area contributed by atoms with Gasteiger partial charge in [-0.05, 0) is 49.7 Å². The van der Waals surface area contributed by atoms with Crippen molar-refractivity contribution >= 4 is 11.9 Å². The number of benzene rings is 1. The van der Waals surface area contributed by atoms with Crippen LogP contribution in [0.1, 0.15) is 55.7 Å². The molecular weight excluding hydrogens is 347 g/mol. The summed E-state index contributed by atoms with van der Waals surface area (Å²) in [7, 11) is 0. The van der Waals surface area contributed by atoms with E-state index >= 15 is 0 Å². The van der Waals surface area contributed by atoms with E-state index in [1.54, 1.807) is 12.1 Å². The van der Waals surface area contributed by atoms with Gasteiger partial charge in [-0.25, -0.2) is 0 Å². The fourth-order valence-electron chi connectivity index (χ4n) is 3.60. The van der Waals surface area contributed by atoms with Crippen LogP contribution in [0, 0.1) is 18.8 Å². The molecule has 0 radical (unpaired) electrons. The number of nitrogens with one attached hydrogen (secondary N) is 1. The van der Waals surface area contributed by atoms with Crippen molar-refractivity contribution in [2.24, 2.45) is 11.8 Å². The first-order valence-corrected chi connectivity index (χ1v) is 8.80. The third kappa shape index (κ3) is 5.75. The van der Waals surface area contributed by atoms with Gasteiger partial charge in [0.05, 0.1) is 18.4 Å². The van der Waals surface area contributed by atoms with E-state index in [2.05, 4.69) is 5.32 Å². The van der Waals surface area contributed by atoms with Crippen LogP contribution in [-0.4, -0.2) is 23.2 Å². The lowest BCUT2D eigenvalue weighted by Gasteiger charge is -2.30. The number of hydrogen-bond donors (Lipinski definition) is 2. The topological polar surface area (TPSA) is 66.4 Å². The fraction of sp³-hybridized carbons (Fsp3) is 0.579. The Bertz CT molecular complexity index is 637. The highest BCUT2D eigenvalue weighted by atomic mass is 19.4. The molecule has 1 atom stereocenters. The molecular formula is C19H24F3NO3. The van der Waals surface area contributed by atoms with Gasteiger partial charge in [0.25, 0.3) is 0 Å². The number of amides is 1. The predicted octanol–water partition coefficient (Wildman–Crippen LogP) is 4.39. The molecule has 0 bridgehead atoms. The summed E-state index contributed by atoms with van der Waals surface area (Å²) >= 11 is 0. The van der Waals surface area contributed by atoms with Crippen molar-refractivity contribution < 1.29 is 27.9 Å². The molecule has 7 heteroatoms. The number of carboxylic acids is 1. The molecule has 0 saturated heterocycles. The lowest BCUT2D eigenvalue weighted by Crippen LogP contribution is -2.33. The molecule has 1 amide bonds. The average Bonchev–Trinajstić information content (AvgIpc) is 2.54. The SMILES string of the molecule is Cc1ccccc1C(CC(=O)O)NC(=O)CC1CCC(C(F)(F)F)CC1. The highest BCUT2D eigenvalue weighted by molar-refractivity contribution is 5.78. The Labute approximate surface area is 150 Å². The number of carbonyl (C=O) groups excluding carboxylic acids is 1. The van der Waals surface area contributed by atoms with Crippen molar-refractivity contribution in [2.45, 2.75) is 57.7 Å². The molecule has 0 spiro atoms. The van der Waals surface area contributed by atoms with Crippen molar-refractivity contribution in [1.29, 1.82) is 0 Å². The number of rotatable bonds is 6. The molecule has 26 heavy (non-hydrogen) atoms. The largest absolute Gasteiger partial charge is 0.481 e. The van der Waals surface area contributed by atoms with Gasteiger partial charge in [0.1, 0.15) is 0 Å². The molecule has 0 heterocycles. The van der Waals surface area contributed by atoms with Gasteiger partial charge in [0.2, 0.25) is 5.91 Å². The molecule has 1 saturated carbocycles. The normalized spacial score (nSPS) is 21.8. The zero-order valence-corrected chi connectivity index (χ0v) is 14.7. The Morgan fingerprint density at radius 3 is 2.35 bits per heavy atom. The standard InChI is InChI=1S/C19H24F3NO3/c1-12-4-2-3-5-15(12)16(11-18(25)26)23-17(24)10-13-6-8-14(9-7-13)19(20,21)22/h2-5,13-14,16H,6-11H2,1H3,(H,23,24)(H,25,26). The summed E-state index contributed by atoms with van der Waals surface area (Å²) in [6.45, 7) is 1.84. The lowest BCUT2D eigenvalue weighted by molar-refractivity contribution is -0.184. The lowest BCUT2D eigenvalue weighted by atomic mass is 9.80. The minimum absolute atomic E-state index is 0.0534. The molecule has 2 rings (SSSR count). The smallest absolute Gasteiger partial charge is 0.391 e. The molecule has 144 valence electrons. The summed E-state index contributed by atoms with van der Waals surface area (Å²) < 4.78 is 38.1. The van der Waals surface area contributed by atoms with E-state index in [1.165, 1.54) is 0 Å². The molecule has 1 aromatic carbocycles. The monoisotopic (exact) mass is 371 g/mol. The molecule has 0 aliphatic heterocycles. The molecule has 1 aliphatic carbocycles. The summed E-state index contributed by atoms with van der Waals surface area (Å²) in [4.78, 5) is 23.5. The Kier molecular flexibility index (Phi) is 6.67. The van der Waals surface area contributed by atoms with Gasteiger partial charge in [-0.3, -0.25) is 9.59 Å². The molecule has 2 N–H and O–H groups in total. The second-order valence-corrected chi connectivity index (χ2v) is 7.04. The summed E-state index contributed by atoms with van der Waals surface area (Å²) in [6, 6.07) is 6.58. The number of carbonyl (C=O) groups is 2. The van der Waals surface area contributed by atoms with Crippen molar-refractivity contribution in [2.75, 3.05) is 0 Å². The number of alkyl halides is 3. The number of carboxylic acid groups (broad SMARTS) is 1. The third-order valence-corrected chi connectivity index (χ3v) is 5.06. The average molecular weight is 371 g/mol. The van der Waals surface area contributed by atoms with Crippen LogP contribution in [-0.2, 0) is 9.59 Å². The first-order chi connectivity index (χ1) is 12.2. The zero-order valence-electron chi connectivity index (χ0n) is 14.7. The highest BCUT2D eigenvalue weighted by Gasteiger charge is 2.41. The quantitative estimate of drug-likeness (QED) is 0.780. The number of aryl methyl sites for hydroxylation is 1. The van der Waals surface area contributed by atoms with Crippen molar-refractivity contribution in [3.05, 3.63) is 35.4 Å². The minimum atomic E-state index is -4.16. The van der Waals surface area contributed by atoms with E-state index < -0.39 is 24.1 Å². The zero-order chi connectivity index (χ0) is 19.3. The van der Waals surface area contributed by atoms with Crippen molar-refractivity contribution in [3.8, 4) is 0 Å². The van der Waals surface area contributed by atoms with E-state index in [-0.39, 0.29) is 37.5 Å². The van der Waals surface area contributed by atoms with Gasteiger partial charge in [-0.1, -0.05) is 24.3 Å². The molecule has 0 aromatic heterocycles. The summed E-state index contributed by atoms with van der Waals surface area (Å²) in [5, 5.41) is 11.9. The maximum absolute atomic E-state index is 12.7. The van der Waals surface area contributed by atoms with Gasteiger partial charge in [-0.15, -0.1) is 0 Å². The van der Waals surface area contributed by atoms with E-state index in [0.29, 0.717) is 12.8 Å². The first-order valence-electron chi connectivity index (χ1n) is 8.80. The number of halogens is 3. The van der Waals surface area contributed by atoms with Crippen LogP contribution in [0.15, 0.2) is 24.3 Å². The van der Waals surface area contributed by atoms with Crippen LogP contribution in [0.4, 0.5) is 13.2 Å². The second kappa shape index (κ2) is 8.56. The van der Waals surface area contributed by atoms with Crippen molar-refractivity contribution in [3.63, 3.8) is 0 Å². The molecule has 1 aliphatic rings. The van der Waals surface area contributed by atoms with E-state index in [4.69, 9.17) is 5.11 Å². The van der Waals surface area contributed by atoms with Gasteiger partial charge in [0.15, 0.2) is 0 Å². The maximum atomic E-state index is 12.7. The summed E-state index contributed by atoms with van der Waals surface area (Å²) in [5.74, 6) is -2.69. The van der Waals surface area contributed by atoms with Crippen LogP contribution in [0.25, 0.3) is 0 Å². The third-order valence-electron chi connectivity index (χ3n) is 5.06. The first kappa shape index (κ1) is 20.3. The number of aliphatic carboxylic acids is 1. The van der Waals surface area contributed by atoms with Gasteiger partial charge < -0.3 is 10.4 Å². The Morgan fingerprint density at radius 1 is 1.19 bits per heavy atom. The Morgan fingerprint density at radius 2 is 1.81 bits per heavy atom. The van der Waals surface area contributed by atoms with E-state index in [1.807, 2.05) is 19.1 Å². The van der Waals surface area contributed by atoms with E-state index in [9.17, 15) is 22.8 Å². The Hall–Kier alpha value is -2.05. The Balaban J connectivity index is 1.94. The number of hydrogen-bond acceptors (Lipinski definition) is 2. The van der Waals surface area contributed by atoms with Crippen LogP contribution >= 0.6 is 0 Å². The predicted molar refractivity (Wildman–Crippen MR) is 90.4 cm³/mol. The molecule has 1 fully saturated rings. The van der Waals surface area contributed by atoms with Crippen LogP contribution in [0.2, 0.25) is 0 Å². The van der Waals surface area contributed by atoms with Gasteiger partial charge in [-0.2, -0.15) is 13.2 Å². The maximum Gasteiger partial charge on any atom is 0.391 e. The van der Waals surface area contributed by atoms with Crippen molar-refractivity contribution in [1.82, 2.24) is 5.32 Å². The minimum Gasteiger partial charge on any atom is -0.481 e. The van der Waals surface area contributed by atoms with Crippen LogP contribution in [0.5, 0.6) is 0 Å². The van der Waals surface area contributed by atoms with Gasteiger partial charge >= 0.3 is 12.1 Å². The summed E-state index contributed by atoms with van der Waals surface area (Å²) in [5.41, 5.74) is 1.62. The molecule has 1 unspecified atom stereocenters. The van der Waals surface area contributed by atoms with E-state index in [0.717, 1.165) is 11.1 Å². The molecule has 4 nitrogen and oxygen atoms in total. The second-order valence-electron chi connectivity index (χ2n) is 7.04.